The maximum atomic E-state index is 15.4. The molecule has 0 unspecified atom stereocenters. The lowest BCUT2D eigenvalue weighted by Gasteiger charge is -2.41. The van der Waals surface area contributed by atoms with Crippen molar-refractivity contribution < 1.29 is 67.3 Å². The largest absolute Gasteiger partial charge is 0.390 e. The number of nitrogens with one attached hydrogen (secondary N) is 4. The Bertz CT molecular complexity index is 2560. The fourth-order valence-electron chi connectivity index (χ4n) is 11.5. The minimum atomic E-state index is -1.67. The molecule has 0 saturated carbocycles. The molecule has 94 heavy (non-hydrogen) atoms. The number of likely N-dealkylation sites (N-methyl/N-ethyl adjacent to an activating group) is 8. The Labute approximate surface area is 563 Å². The maximum Gasteiger partial charge on any atom is 0.248 e. The molecule has 26 nitrogen and oxygen atoms in total. The molecule has 1 fully saturated rings. The highest BCUT2D eigenvalue weighted by atomic mass is 16.5. The van der Waals surface area contributed by atoms with Gasteiger partial charge in [-0.25, -0.2) is 0 Å². The molecule has 1 heterocycles. The second-order valence-electron chi connectivity index (χ2n) is 28.7. The topological polar surface area (TPSA) is 300 Å². The van der Waals surface area contributed by atoms with E-state index in [-0.39, 0.29) is 69.5 Å². The number of rotatable bonds is 21. The van der Waals surface area contributed by atoms with Crippen LogP contribution in [-0.4, -0.2) is 278 Å². The summed E-state index contributed by atoms with van der Waals surface area (Å²) >= 11 is 0. The molecule has 1 rings (SSSR count). The summed E-state index contributed by atoms with van der Waals surface area (Å²) in [5, 5.41) is 23.4. The Morgan fingerprint density at radius 1 is 0.521 bits per heavy atom. The van der Waals surface area contributed by atoms with Crippen LogP contribution in [0.5, 0.6) is 0 Å². The lowest BCUT2D eigenvalue weighted by atomic mass is 9.91. The molecule has 0 bridgehead atoms. The van der Waals surface area contributed by atoms with E-state index in [1.807, 2.05) is 60.5 Å². The van der Waals surface area contributed by atoms with Gasteiger partial charge in [0.1, 0.15) is 66.5 Å². The number of methoxy groups -OCH3 is 1. The molecule has 0 aromatic rings. The fourth-order valence-corrected chi connectivity index (χ4v) is 11.5. The molecular weight excluding hydrogens is 1210 g/mol. The van der Waals surface area contributed by atoms with E-state index in [4.69, 9.17) is 9.47 Å². The SMILES string of the molecule is C/C=C/C[C@@H](C)[C@@H](O)[C@H]1C(=O)N[C@@H](CC)C(=O)N(C)[C@H](COCCN(C)C)C(=O)N(C)[C@@H](CC(C)(C)OC)C(=O)N[C@@H](C(C)C)C(=O)N(C)[C@@H](CC(C)C)C(=O)N[C@@H](C)C(=O)N[C@H](C)C(=O)N(C)[C@@H](CC(C)C)C(=O)N(C)[C@@H](CC(C)C)C(=O)N(C)[C@@H](C(C)C)C(=O)N1C. The molecule has 5 N–H and O–H groups in total. The van der Waals surface area contributed by atoms with Crippen LogP contribution in [0.4, 0.5) is 0 Å². The van der Waals surface area contributed by atoms with Crippen molar-refractivity contribution >= 4 is 65.0 Å². The number of aliphatic hydroxyl groups is 1. The quantitative estimate of drug-likeness (QED) is 0.0816. The van der Waals surface area contributed by atoms with Crippen molar-refractivity contribution in [2.24, 2.45) is 35.5 Å². The lowest BCUT2D eigenvalue weighted by Crippen LogP contribution is -2.64. The normalized spacial score (nSPS) is 26.5. The monoisotopic (exact) mass is 1330 g/mol. The zero-order valence-electron chi connectivity index (χ0n) is 62.2. The third kappa shape index (κ3) is 24.4. The number of hydrogen-bond acceptors (Lipinski definition) is 15. The number of ether oxygens (including phenoxy) is 2. The lowest BCUT2D eigenvalue weighted by molar-refractivity contribution is -0.157. The standard InChI is InChI=1S/C68H124N12O14/c1-28-30-31-44(13)56(81)55-60(85)71-47(29-2)62(87)78(24)52(38-94-33-32-73(18)19)65(90)77(23)51(37-68(16,17)93-27)59(84)72-53(42(9)10)66(91)74(20)48(34-39(3)4)58(83)69-45(14)57(82)70-46(15)61(86)75(21)49(35-40(5)6)63(88)76(22)50(36-41(7)8)64(89)79(25)54(43(11)12)67(92)80(55)26/h28,30,39-56,81H,29,31-38H2,1-27H3,(H,69,83)(H,70,82)(H,71,85)(H,72,84)/b30-28+/t44-,45+,46-,47+,48+,49+,50+,51+,52-,53+,54+,55+,56-/m1/s1. The van der Waals surface area contributed by atoms with Crippen molar-refractivity contribution in [3.05, 3.63) is 12.2 Å². The third-order valence-corrected chi connectivity index (χ3v) is 17.9. The van der Waals surface area contributed by atoms with Gasteiger partial charge in [-0.05, 0) is 116 Å². The van der Waals surface area contributed by atoms with Gasteiger partial charge in [-0.2, -0.15) is 0 Å². The van der Waals surface area contributed by atoms with Crippen molar-refractivity contribution in [3.63, 3.8) is 0 Å². The van der Waals surface area contributed by atoms with Crippen LogP contribution in [0.2, 0.25) is 0 Å². The second kappa shape index (κ2) is 39.1. The predicted molar refractivity (Wildman–Crippen MR) is 363 cm³/mol. The molecule has 0 spiro atoms. The first-order valence-electron chi connectivity index (χ1n) is 33.5. The van der Waals surface area contributed by atoms with Crippen LogP contribution in [0.3, 0.4) is 0 Å². The fraction of sp³-hybridized carbons (Fsp3) is 0.809. The van der Waals surface area contributed by atoms with Gasteiger partial charge in [-0.3, -0.25) is 52.7 Å². The van der Waals surface area contributed by atoms with Crippen LogP contribution in [0.25, 0.3) is 0 Å². The molecule has 1 aliphatic heterocycles. The van der Waals surface area contributed by atoms with Crippen molar-refractivity contribution in [2.75, 3.05) is 90.3 Å². The Morgan fingerprint density at radius 3 is 1.43 bits per heavy atom. The smallest absolute Gasteiger partial charge is 0.248 e. The summed E-state index contributed by atoms with van der Waals surface area (Å²) in [7, 11) is 15.0. The van der Waals surface area contributed by atoms with Crippen LogP contribution in [0.15, 0.2) is 12.2 Å². The molecule has 1 aliphatic rings. The second-order valence-corrected chi connectivity index (χ2v) is 28.7. The van der Waals surface area contributed by atoms with Gasteiger partial charge in [0.05, 0.1) is 24.9 Å². The first kappa shape index (κ1) is 85.8. The minimum Gasteiger partial charge on any atom is -0.390 e. The zero-order valence-corrected chi connectivity index (χ0v) is 62.2. The molecule has 0 aromatic carbocycles. The van der Waals surface area contributed by atoms with Crippen LogP contribution in [-0.2, 0) is 62.2 Å². The molecule has 0 radical (unpaired) electrons. The van der Waals surface area contributed by atoms with Crippen LogP contribution in [0, 0.1) is 35.5 Å². The van der Waals surface area contributed by atoms with E-state index in [9.17, 15) is 24.3 Å². The molecule has 26 heteroatoms. The first-order chi connectivity index (χ1) is 43.4. The maximum absolute atomic E-state index is 15.4. The van der Waals surface area contributed by atoms with Gasteiger partial charge in [0.2, 0.25) is 65.0 Å². The number of carbonyl (C=O) groups is 11. The zero-order chi connectivity index (χ0) is 72.9. The van der Waals surface area contributed by atoms with Gasteiger partial charge in [0.15, 0.2) is 0 Å². The average Bonchev–Trinajstić information content (AvgIpc) is 0.809. The van der Waals surface area contributed by atoms with Gasteiger partial charge in [0, 0.05) is 69.4 Å². The highest BCUT2D eigenvalue weighted by Gasteiger charge is 2.47. The molecule has 540 valence electrons. The van der Waals surface area contributed by atoms with E-state index >= 15 is 33.6 Å². The Morgan fingerprint density at radius 2 is 0.957 bits per heavy atom. The number of nitrogens with zero attached hydrogens (tertiary/aromatic N) is 8. The molecule has 11 amide bonds. The summed E-state index contributed by atoms with van der Waals surface area (Å²) in [5.41, 5.74) is -1.07. The van der Waals surface area contributed by atoms with E-state index in [0.717, 1.165) is 9.80 Å². The van der Waals surface area contributed by atoms with Crippen molar-refractivity contribution in [3.8, 4) is 0 Å². The molecule has 1 saturated heterocycles. The van der Waals surface area contributed by atoms with Gasteiger partial charge >= 0.3 is 0 Å². The van der Waals surface area contributed by atoms with Crippen molar-refractivity contribution in [1.29, 1.82) is 0 Å². The average molecular weight is 1330 g/mol. The van der Waals surface area contributed by atoms with E-state index in [0.29, 0.717) is 6.54 Å². The predicted octanol–water partition coefficient (Wildman–Crippen LogP) is 2.98. The Hall–Kier alpha value is -6.25. The number of amides is 11. The highest BCUT2D eigenvalue weighted by molar-refractivity contribution is 6.00. The Kier molecular flexibility index (Phi) is 35.7. The van der Waals surface area contributed by atoms with Crippen molar-refractivity contribution in [2.45, 2.75) is 234 Å². The van der Waals surface area contributed by atoms with E-state index < -0.39 is 161 Å². The summed E-state index contributed by atoms with van der Waals surface area (Å²) < 4.78 is 11.9. The highest BCUT2D eigenvalue weighted by Crippen LogP contribution is 2.27. The molecular formula is C68H124N12O14. The Balaban J connectivity index is 4.59. The molecule has 0 aliphatic carbocycles. The van der Waals surface area contributed by atoms with Gasteiger partial charge in [0.25, 0.3) is 0 Å². The summed E-state index contributed by atoms with van der Waals surface area (Å²) in [6.45, 7) is 29.7. The number of allylic oxidation sites excluding steroid dienone is 2. The van der Waals surface area contributed by atoms with Gasteiger partial charge < -0.3 is 75.0 Å². The summed E-state index contributed by atoms with van der Waals surface area (Å²) in [4.78, 5) is 174. The summed E-state index contributed by atoms with van der Waals surface area (Å²) in [5.74, 6) is -10.3. The van der Waals surface area contributed by atoms with Crippen molar-refractivity contribution in [1.82, 2.24) is 60.5 Å². The summed E-state index contributed by atoms with van der Waals surface area (Å²) in [6.07, 6.45) is 2.55. The number of aliphatic hydroxyl groups excluding tert-OH is 1. The minimum absolute atomic E-state index is 0.0437. The van der Waals surface area contributed by atoms with E-state index in [2.05, 4.69) is 21.3 Å². The van der Waals surface area contributed by atoms with E-state index in [1.165, 1.54) is 94.8 Å². The number of carbonyl (C=O) groups excluding carboxylic acids is 11. The summed E-state index contributed by atoms with van der Waals surface area (Å²) in [6, 6.07) is -14.4. The van der Waals surface area contributed by atoms with Crippen LogP contribution in [0.1, 0.15) is 156 Å². The molecule has 13 atom stereocenters. The van der Waals surface area contributed by atoms with Crippen LogP contribution < -0.4 is 21.3 Å². The van der Waals surface area contributed by atoms with E-state index in [1.54, 1.807) is 74.5 Å². The third-order valence-electron chi connectivity index (χ3n) is 17.9. The van der Waals surface area contributed by atoms with Gasteiger partial charge in [-0.15, -0.1) is 0 Å². The van der Waals surface area contributed by atoms with Gasteiger partial charge in [-0.1, -0.05) is 95.2 Å². The first-order valence-corrected chi connectivity index (χ1v) is 33.5. The number of hydrogen-bond donors (Lipinski definition) is 5. The molecule has 0 aromatic heterocycles. The van der Waals surface area contributed by atoms with Crippen LogP contribution >= 0.6 is 0 Å².